The van der Waals surface area contributed by atoms with Gasteiger partial charge >= 0.3 is 5.97 Å². The standard InChI is InChI=1S/C8H15NO3/c1-2-3-4-6(8(9)12)5-7(10)11/h6H,2-5H2,1H3,(H2,9,12)(H,10,11). The highest BCUT2D eigenvalue weighted by Gasteiger charge is 2.17. The summed E-state index contributed by atoms with van der Waals surface area (Å²) in [7, 11) is 0. The number of hydrogen-bond acceptors (Lipinski definition) is 2. The van der Waals surface area contributed by atoms with Gasteiger partial charge in [0, 0.05) is 5.92 Å². The summed E-state index contributed by atoms with van der Waals surface area (Å²) in [5.74, 6) is -1.97. The van der Waals surface area contributed by atoms with Crippen molar-refractivity contribution in [2.75, 3.05) is 0 Å². The van der Waals surface area contributed by atoms with E-state index in [1.807, 2.05) is 6.92 Å². The van der Waals surface area contributed by atoms with E-state index in [-0.39, 0.29) is 6.42 Å². The van der Waals surface area contributed by atoms with Crippen molar-refractivity contribution < 1.29 is 14.7 Å². The Morgan fingerprint density at radius 3 is 2.42 bits per heavy atom. The number of amides is 1. The molecule has 3 N–H and O–H groups in total. The van der Waals surface area contributed by atoms with E-state index in [4.69, 9.17) is 10.8 Å². The summed E-state index contributed by atoms with van der Waals surface area (Å²) in [6.45, 7) is 1.98. The van der Waals surface area contributed by atoms with Crippen LogP contribution in [0.2, 0.25) is 0 Å². The summed E-state index contributed by atoms with van der Waals surface area (Å²) in [6, 6.07) is 0. The molecule has 0 aromatic carbocycles. The van der Waals surface area contributed by atoms with Crippen LogP contribution in [-0.4, -0.2) is 17.0 Å². The van der Waals surface area contributed by atoms with Crippen LogP contribution in [0.1, 0.15) is 32.6 Å². The first kappa shape index (κ1) is 10.9. The van der Waals surface area contributed by atoms with Gasteiger partial charge in [0.1, 0.15) is 0 Å². The van der Waals surface area contributed by atoms with Gasteiger partial charge in [0.15, 0.2) is 0 Å². The molecule has 0 aromatic rings. The van der Waals surface area contributed by atoms with Gasteiger partial charge in [-0.25, -0.2) is 0 Å². The van der Waals surface area contributed by atoms with Gasteiger partial charge in [-0.2, -0.15) is 0 Å². The van der Waals surface area contributed by atoms with Crippen molar-refractivity contribution in [3.05, 3.63) is 0 Å². The minimum atomic E-state index is -0.963. The van der Waals surface area contributed by atoms with Crippen LogP contribution < -0.4 is 5.73 Å². The van der Waals surface area contributed by atoms with Crippen LogP contribution in [-0.2, 0) is 9.59 Å². The Labute approximate surface area is 71.8 Å². The fourth-order valence-corrected chi connectivity index (χ4v) is 1.01. The van der Waals surface area contributed by atoms with Gasteiger partial charge < -0.3 is 10.8 Å². The average molecular weight is 173 g/mol. The zero-order valence-electron chi connectivity index (χ0n) is 7.25. The summed E-state index contributed by atoms with van der Waals surface area (Å²) >= 11 is 0. The zero-order valence-corrected chi connectivity index (χ0v) is 7.25. The molecule has 0 heterocycles. The molecule has 0 aliphatic carbocycles. The van der Waals surface area contributed by atoms with E-state index in [0.717, 1.165) is 12.8 Å². The molecule has 0 aromatic heterocycles. The normalized spacial score (nSPS) is 12.4. The number of carbonyl (C=O) groups is 2. The third-order valence-corrected chi connectivity index (χ3v) is 1.73. The Kier molecular flexibility index (Phi) is 5.08. The monoisotopic (exact) mass is 173 g/mol. The summed E-state index contributed by atoms with van der Waals surface area (Å²) in [5.41, 5.74) is 5.02. The lowest BCUT2D eigenvalue weighted by molar-refractivity contribution is -0.140. The molecule has 0 fully saturated rings. The number of rotatable bonds is 6. The maximum atomic E-state index is 10.7. The lowest BCUT2D eigenvalue weighted by Crippen LogP contribution is -2.25. The molecule has 0 saturated carbocycles. The highest BCUT2D eigenvalue weighted by molar-refractivity contribution is 5.81. The van der Waals surface area contributed by atoms with Gasteiger partial charge in [-0.15, -0.1) is 0 Å². The molecule has 4 heteroatoms. The van der Waals surface area contributed by atoms with Crippen molar-refractivity contribution in [3.63, 3.8) is 0 Å². The molecule has 4 nitrogen and oxygen atoms in total. The number of primary amides is 1. The Bertz CT molecular complexity index is 168. The number of carbonyl (C=O) groups excluding carboxylic acids is 1. The van der Waals surface area contributed by atoms with E-state index < -0.39 is 17.8 Å². The molecule has 0 rings (SSSR count). The first-order valence-electron chi connectivity index (χ1n) is 4.09. The molecule has 1 atom stereocenters. The van der Waals surface area contributed by atoms with E-state index in [2.05, 4.69) is 0 Å². The molecular weight excluding hydrogens is 158 g/mol. The van der Waals surface area contributed by atoms with Gasteiger partial charge in [-0.3, -0.25) is 9.59 Å². The van der Waals surface area contributed by atoms with Crippen LogP contribution in [0.4, 0.5) is 0 Å². The van der Waals surface area contributed by atoms with Crippen molar-refractivity contribution in [1.82, 2.24) is 0 Å². The topological polar surface area (TPSA) is 80.4 Å². The van der Waals surface area contributed by atoms with Crippen LogP contribution in [0, 0.1) is 5.92 Å². The van der Waals surface area contributed by atoms with Crippen LogP contribution in [0.25, 0.3) is 0 Å². The number of unbranched alkanes of at least 4 members (excludes halogenated alkanes) is 1. The highest BCUT2D eigenvalue weighted by Crippen LogP contribution is 2.11. The maximum Gasteiger partial charge on any atom is 0.304 e. The minimum absolute atomic E-state index is 0.144. The Morgan fingerprint density at radius 1 is 1.50 bits per heavy atom. The Hall–Kier alpha value is -1.06. The third kappa shape index (κ3) is 4.71. The fraction of sp³-hybridized carbons (Fsp3) is 0.750. The second-order valence-electron chi connectivity index (χ2n) is 2.84. The number of nitrogens with two attached hydrogens (primary N) is 1. The van der Waals surface area contributed by atoms with Crippen molar-refractivity contribution in [2.45, 2.75) is 32.6 Å². The minimum Gasteiger partial charge on any atom is -0.481 e. The van der Waals surface area contributed by atoms with Gasteiger partial charge in [0.05, 0.1) is 6.42 Å². The summed E-state index contributed by atoms with van der Waals surface area (Å²) in [6.07, 6.45) is 2.23. The third-order valence-electron chi connectivity index (χ3n) is 1.73. The van der Waals surface area contributed by atoms with Gasteiger partial charge in [0.2, 0.25) is 5.91 Å². The van der Waals surface area contributed by atoms with Crippen LogP contribution in [0.5, 0.6) is 0 Å². The highest BCUT2D eigenvalue weighted by atomic mass is 16.4. The number of carboxylic acid groups (broad SMARTS) is 1. The van der Waals surface area contributed by atoms with E-state index in [1.165, 1.54) is 0 Å². The molecule has 12 heavy (non-hydrogen) atoms. The molecule has 0 aliphatic rings. The molecule has 70 valence electrons. The predicted octanol–water partition coefficient (Wildman–Crippen LogP) is 0.753. The number of carboxylic acids is 1. The maximum absolute atomic E-state index is 10.7. The first-order chi connectivity index (χ1) is 5.57. The quantitative estimate of drug-likeness (QED) is 0.622. The van der Waals surface area contributed by atoms with E-state index in [1.54, 1.807) is 0 Å². The molecule has 1 amide bonds. The summed E-state index contributed by atoms with van der Waals surface area (Å²) in [4.78, 5) is 21.0. The Balaban J connectivity index is 3.87. The molecule has 0 saturated heterocycles. The van der Waals surface area contributed by atoms with Crippen molar-refractivity contribution >= 4 is 11.9 Å². The van der Waals surface area contributed by atoms with Gasteiger partial charge in [-0.05, 0) is 6.42 Å². The predicted molar refractivity (Wildman–Crippen MR) is 44.5 cm³/mol. The van der Waals surface area contributed by atoms with Crippen molar-refractivity contribution in [1.29, 1.82) is 0 Å². The first-order valence-corrected chi connectivity index (χ1v) is 4.09. The van der Waals surface area contributed by atoms with Crippen LogP contribution >= 0.6 is 0 Å². The molecule has 0 radical (unpaired) electrons. The van der Waals surface area contributed by atoms with Crippen LogP contribution in [0.3, 0.4) is 0 Å². The van der Waals surface area contributed by atoms with E-state index >= 15 is 0 Å². The number of hydrogen-bond donors (Lipinski definition) is 2. The summed E-state index contributed by atoms with van der Waals surface area (Å²) in [5, 5.41) is 8.42. The van der Waals surface area contributed by atoms with E-state index in [0.29, 0.717) is 6.42 Å². The molecular formula is C8H15NO3. The van der Waals surface area contributed by atoms with Crippen molar-refractivity contribution in [2.24, 2.45) is 11.7 Å². The lowest BCUT2D eigenvalue weighted by Gasteiger charge is -2.08. The van der Waals surface area contributed by atoms with E-state index in [9.17, 15) is 9.59 Å². The molecule has 0 aliphatic heterocycles. The largest absolute Gasteiger partial charge is 0.481 e. The second kappa shape index (κ2) is 5.57. The summed E-state index contributed by atoms with van der Waals surface area (Å²) < 4.78 is 0. The van der Waals surface area contributed by atoms with Gasteiger partial charge in [0.25, 0.3) is 0 Å². The average Bonchev–Trinajstić information content (AvgIpc) is 1.96. The molecule has 0 spiro atoms. The zero-order chi connectivity index (χ0) is 9.56. The lowest BCUT2D eigenvalue weighted by atomic mass is 9.98. The number of aliphatic carboxylic acids is 1. The smallest absolute Gasteiger partial charge is 0.304 e. The van der Waals surface area contributed by atoms with Crippen molar-refractivity contribution in [3.8, 4) is 0 Å². The Morgan fingerprint density at radius 2 is 2.08 bits per heavy atom. The molecule has 0 bridgehead atoms. The SMILES string of the molecule is CCCCC(CC(=O)O)C(N)=O. The fourth-order valence-electron chi connectivity index (χ4n) is 1.01. The van der Waals surface area contributed by atoms with Crippen LogP contribution in [0.15, 0.2) is 0 Å². The second-order valence-corrected chi connectivity index (χ2v) is 2.84. The molecule has 1 unspecified atom stereocenters. The van der Waals surface area contributed by atoms with Gasteiger partial charge in [-0.1, -0.05) is 19.8 Å².